The fourth-order valence-electron chi connectivity index (χ4n) is 2.67. The van der Waals surface area contributed by atoms with Gasteiger partial charge in [-0.05, 0) is 24.8 Å². The highest BCUT2D eigenvalue weighted by Crippen LogP contribution is 2.34. The summed E-state index contributed by atoms with van der Waals surface area (Å²) in [5.74, 6) is 1.58. The molecule has 0 radical (unpaired) electrons. The van der Waals surface area contributed by atoms with Crippen LogP contribution in [0.25, 0.3) is 0 Å². The van der Waals surface area contributed by atoms with E-state index in [9.17, 15) is 5.11 Å². The summed E-state index contributed by atoms with van der Waals surface area (Å²) in [4.78, 5) is 7.99. The third-order valence-electron chi connectivity index (χ3n) is 3.46. The number of anilines is 2. The highest BCUT2D eigenvalue weighted by molar-refractivity contribution is 5.40. The summed E-state index contributed by atoms with van der Waals surface area (Å²) in [7, 11) is 0. The molecule has 0 spiro atoms. The first-order chi connectivity index (χ1) is 8.13. The zero-order chi connectivity index (χ0) is 12.3. The molecule has 2 atom stereocenters. The van der Waals surface area contributed by atoms with E-state index in [1.807, 2.05) is 0 Å². The van der Waals surface area contributed by atoms with Crippen LogP contribution in [-0.4, -0.2) is 27.2 Å². The van der Waals surface area contributed by atoms with Gasteiger partial charge >= 0.3 is 0 Å². The minimum atomic E-state index is -0.252. The van der Waals surface area contributed by atoms with E-state index in [-0.39, 0.29) is 18.1 Å². The Labute approximate surface area is 101 Å². The van der Waals surface area contributed by atoms with Crippen molar-refractivity contribution in [3.63, 3.8) is 0 Å². The van der Waals surface area contributed by atoms with Crippen molar-refractivity contribution in [2.75, 3.05) is 17.7 Å². The first-order valence-corrected chi connectivity index (χ1v) is 6.11. The molecule has 0 amide bonds. The first kappa shape index (κ1) is 12.1. The van der Waals surface area contributed by atoms with Crippen LogP contribution in [0.4, 0.5) is 11.8 Å². The summed E-state index contributed by atoms with van der Waals surface area (Å²) < 4.78 is 0. The van der Waals surface area contributed by atoms with Crippen LogP contribution in [0.2, 0.25) is 0 Å². The molecule has 1 fully saturated rings. The topological polar surface area (TPSA) is 84.1 Å². The number of nitrogen functional groups attached to an aromatic ring is 1. The monoisotopic (exact) mass is 236 g/mol. The fraction of sp³-hybridized carbons (Fsp3) is 0.667. The van der Waals surface area contributed by atoms with Crippen molar-refractivity contribution in [1.82, 2.24) is 9.97 Å². The van der Waals surface area contributed by atoms with Crippen LogP contribution in [-0.2, 0) is 0 Å². The summed E-state index contributed by atoms with van der Waals surface area (Å²) in [6.07, 6.45) is 5.93. The average Bonchev–Trinajstić information content (AvgIpc) is 2.29. The Morgan fingerprint density at radius 2 is 2.47 bits per heavy atom. The van der Waals surface area contributed by atoms with Crippen LogP contribution in [0.3, 0.4) is 0 Å². The number of rotatable bonds is 3. The number of aliphatic hydroxyl groups excluding tert-OH is 1. The predicted octanol–water partition coefficient (Wildman–Crippen LogP) is 1.41. The number of hydrogen-bond acceptors (Lipinski definition) is 5. The van der Waals surface area contributed by atoms with Crippen molar-refractivity contribution in [1.29, 1.82) is 0 Å². The highest BCUT2D eigenvalue weighted by atomic mass is 16.3. The summed E-state index contributed by atoms with van der Waals surface area (Å²) in [5, 5.41) is 13.0. The smallest absolute Gasteiger partial charge is 0.221 e. The molecule has 17 heavy (non-hydrogen) atoms. The maximum Gasteiger partial charge on any atom is 0.221 e. The predicted molar refractivity (Wildman–Crippen MR) is 67.5 cm³/mol. The van der Waals surface area contributed by atoms with Crippen LogP contribution in [0.1, 0.15) is 32.6 Å². The Bertz CT molecular complexity index is 385. The molecule has 5 nitrogen and oxygen atoms in total. The summed E-state index contributed by atoms with van der Waals surface area (Å²) >= 11 is 0. The zero-order valence-corrected chi connectivity index (χ0v) is 10.2. The standard InChI is InChI=1S/C12H20N4O/c1-9-3-2-5-12(7-9,8-17)16-10-4-6-14-11(13)15-10/h4,6,9,17H,2-3,5,7-8H2,1H3,(H3,13,14,15,16). The summed E-state index contributed by atoms with van der Waals surface area (Å²) in [6, 6.07) is 1.78. The SMILES string of the molecule is CC1CCCC(CO)(Nc2ccnc(N)n2)C1. The second kappa shape index (κ2) is 4.87. The molecular weight excluding hydrogens is 216 g/mol. The second-order valence-corrected chi connectivity index (χ2v) is 5.07. The van der Waals surface area contributed by atoms with Gasteiger partial charge in [-0.25, -0.2) is 4.98 Å². The molecule has 0 aromatic carbocycles. The Morgan fingerprint density at radius 1 is 1.65 bits per heavy atom. The van der Waals surface area contributed by atoms with Crippen LogP contribution in [0, 0.1) is 5.92 Å². The molecule has 1 saturated carbocycles. The third-order valence-corrected chi connectivity index (χ3v) is 3.46. The number of nitrogens with two attached hydrogens (primary N) is 1. The van der Waals surface area contributed by atoms with Gasteiger partial charge < -0.3 is 16.2 Å². The van der Waals surface area contributed by atoms with E-state index in [0.29, 0.717) is 11.7 Å². The molecule has 1 aliphatic rings. The van der Waals surface area contributed by atoms with E-state index in [4.69, 9.17) is 5.73 Å². The Kier molecular flexibility index (Phi) is 3.47. The number of nitrogens with zero attached hydrogens (tertiary/aromatic N) is 2. The quantitative estimate of drug-likeness (QED) is 0.739. The van der Waals surface area contributed by atoms with Crippen molar-refractivity contribution in [2.24, 2.45) is 5.92 Å². The normalized spacial score (nSPS) is 28.9. The van der Waals surface area contributed by atoms with Gasteiger partial charge in [0.2, 0.25) is 5.95 Å². The van der Waals surface area contributed by atoms with Crippen LogP contribution < -0.4 is 11.1 Å². The summed E-state index contributed by atoms with van der Waals surface area (Å²) in [6.45, 7) is 2.35. The first-order valence-electron chi connectivity index (χ1n) is 6.11. The van der Waals surface area contributed by atoms with Crippen LogP contribution in [0.15, 0.2) is 12.3 Å². The average molecular weight is 236 g/mol. The zero-order valence-electron chi connectivity index (χ0n) is 10.2. The minimum absolute atomic E-state index is 0.126. The maximum absolute atomic E-state index is 9.65. The van der Waals surface area contributed by atoms with Gasteiger partial charge in [0.15, 0.2) is 0 Å². The van der Waals surface area contributed by atoms with E-state index in [0.717, 1.165) is 19.3 Å². The molecule has 1 aliphatic carbocycles. The van der Waals surface area contributed by atoms with E-state index in [1.165, 1.54) is 6.42 Å². The Balaban J connectivity index is 2.13. The molecule has 0 bridgehead atoms. The van der Waals surface area contributed by atoms with Crippen LogP contribution >= 0.6 is 0 Å². The van der Waals surface area contributed by atoms with Gasteiger partial charge in [0.1, 0.15) is 5.82 Å². The molecule has 2 unspecified atom stereocenters. The lowest BCUT2D eigenvalue weighted by Gasteiger charge is -2.39. The lowest BCUT2D eigenvalue weighted by atomic mass is 9.77. The second-order valence-electron chi connectivity index (χ2n) is 5.07. The van der Waals surface area contributed by atoms with Gasteiger partial charge in [0.25, 0.3) is 0 Å². The van der Waals surface area contributed by atoms with Gasteiger partial charge in [-0.2, -0.15) is 4.98 Å². The van der Waals surface area contributed by atoms with Gasteiger partial charge in [-0.15, -0.1) is 0 Å². The molecule has 1 heterocycles. The van der Waals surface area contributed by atoms with Gasteiger partial charge in [0.05, 0.1) is 12.1 Å². The van der Waals surface area contributed by atoms with E-state index >= 15 is 0 Å². The van der Waals surface area contributed by atoms with Crippen molar-refractivity contribution in [2.45, 2.75) is 38.1 Å². The van der Waals surface area contributed by atoms with Gasteiger partial charge in [-0.3, -0.25) is 0 Å². The molecule has 4 N–H and O–H groups in total. The van der Waals surface area contributed by atoms with Crippen molar-refractivity contribution in [3.05, 3.63) is 12.3 Å². The number of aliphatic hydroxyl groups is 1. The number of aromatic nitrogens is 2. The molecule has 1 aromatic heterocycles. The highest BCUT2D eigenvalue weighted by Gasteiger charge is 2.34. The fourth-order valence-corrected chi connectivity index (χ4v) is 2.67. The van der Waals surface area contributed by atoms with Crippen molar-refractivity contribution in [3.8, 4) is 0 Å². The lowest BCUT2D eigenvalue weighted by molar-refractivity contribution is 0.149. The molecule has 5 heteroatoms. The van der Waals surface area contributed by atoms with Crippen LogP contribution in [0.5, 0.6) is 0 Å². The molecule has 2 rings (SSSR count). The van der Waals surface area contributed by atoms with Crippen molar-refractivity contribution < 1.29 is 5.11 Å². The van der Waals surface area contributed by atoms with E-state index in [2.05, 4.69) is 22.2 Å². The van der Waals surface area contributed by atoms with E-state index in [1.54, 1.807) is 12.3 Å². The molecular formula is C12H20N4O. The Morgan fingerprint density at radius 3 is 3.12 bits per heavy atom. The van der Waals surface area contributed by atoms with Gasteiger partial charge in [0, 0.05) is 6.20 Å². The lowest BCUT2D eigenvalue weighted by Crippen LogP contribution is -2.46. The number of nitrogens with one attached hydrogen (secondary N) is 1. The maximum atomic E-state index is 9.65. The molecule has 1 aromatic rings. The third kappa shape index (κ3) is 2.85. The molecule has 0 saturated heterocycles. The molecule has 0 aliphatic heterocycles. The molecule has 94 valence electrons. The van der Waals surface area contributed by atoms with Crippen molar-refractivity contribution >= 4 is 11.8 Å². The Hall–Kier alpha value is -1.36. The minimum Gasteiger partial charge on any atom is -0.394 e. The largest absolute Gasteiger partial charge is 0.394 e. The summed E-state index contributed by atoms with van der Waals surface area (Å²) in [5.41, 5.74) is 5.30. The van der Waals surface area contributed by atoms with Gasteiger partial charge in [-0.1, -0.05) is 19.8 Å². The number of hydrogen-bond donors (Lipinski definition) is 3. The van der Waals surface area contributed by atoms with E-state index < -0.39 is 0 Å².